The van der Waals surface area contributed by atoms with Crippen molar-refractivity contribution in [3.63, 3.8) is 0 Å². The molecule has 1 aromatic heterocycles. The first-order valence-electron chi connectivity index (χ1n) is 10.9. The third-order valence-corrected chi connectivity index (χ3v) is 6.09. The summed E-state index contributed by atoms with van der Waals surface area (Å²) in [7, 11) is 5.63. The van der Waals surface area contributed by atoms with Gasteiger partial charge in [0.05, 0.1) is 12.7 Å². The summed E-state index contributed by atoms with van der Waals surface area (Å²) in [5.74, 6) is 0.261. The summed E-state index contributed by atoms with van der Waals surface area (Å²) in [5.41, 5.74) is 3.54. The van der Waals surface area contributed by atoms with Crippen molar-refractivity contribution in [1.82, 2.24) is 4.98 Å². The first kappa shape index (κ1) is 21.7. The molecule has 0 saturated heterocycles. The van der Waals surface area contributed by atoms with E-state index in [2.05, 4.69) is 29.8 Å². The van der Waals surface area contributed by atoms with Crippen LogP contribution in [0.15, 0.2) is 60.8 Å². The highest BCUT2D eigenvalue weighted by Crippen LogP contribution is 2.49. The van der Waals surface area contributed by atoms with Gasteiger partial charge in [0.2, 0.25) is 5.60 Å². The molecule has 0 spiro atoms. The van der Waals surface area contributed by atoms with Gasteiger partial charge in [-0.2, -0.15) is 0 Å². The number of carbonyl (C=O) groups excluding carboxylic acids is 1. The largest absolute Gasteiger partial charge is 0.496 e. The van der Waals surface area contributed by atoms with Gasteiger partial charge in [-0.3, -0.25) is 4.98 Å². The van der Waals surface area contributed by atoms with Crippen molar-refractivity contribution in [3.8, 4) is 5.75 Å². The van der Waals surface area contributed by atoms with Crippen LogP contribution in [0.3, 0.4) is 0 Å². The Kier molecular flexibility index (Phi) is 5.78. The number of fused-ring (bicyclic) bond motifs is 1. The second kappa shape index (κ2) is 8.54. The zero-order chi connectivity index (χ0) is 22.9. The van der Waals surface area contributed by atoms with Crippen LogP contribution in [0.5, 0.6) is 5.75 Å². The van der Waals surface area contributed by atoms with Gasteiger partial charge in [-0.15, -0.1) is 0 Å². The van der Waals surface area contributed by atoms with E-state index < -0.39 is 5.60 Å². The SMILES string of the molecule is CCN(CC)c1ccc(C2(c3ccc(N(C)C)cc3)OC(=O)c3cccnc32)c(OC)c1. The Morgan fingerprint density at radius 3 is 2.31 bits per heavy atom. The lowest BCUT2D eigenvalue weighted by molar-refractivity contribution is 0.0237. The smallest absolute Gasteiger partial charge is 0.341 e. The summed E-state index contributed by atoms with van der Waals surface area (Å²) in [5, 5.41) is 0. The number of esters is 1. The summed E-state index contributed by atoms with van der Waals surface area (Å²) >= 11 is 0. The summed E-state index contributed by atoms with van der Waals surface area (Å²) in [6, 6.07) is 17.6. The van der Waals surface area contributed by atoms with Crippen molar-refractivity contribution in [2.75, 3.05) is 44.1 Å². The van der Waals surface area contributed by atoms with Gasteiger partial charge in [0.15, 0.2) is 0 Å². The lowest BCUT2D eigenvalue weighted by Gasteiger charge is -2.32. The van der Waals surface area contributed by atoms with Crippen molar-refractivity contribution < 1.29 is 14.3 Å². The zero-order valence-corrected chi connectivity index (χ0v) is 19.3. The fraction of sp³-hybridized carbons (Fsp3) is 0.308. The number of ether oxygens (including phenoxy) is 2. The van der Waals surface area contributed by atoms with Crippen LogP contribution in [0.2, 0.25) is 0 Å². The van der Waals surface area contributed by atoms with Gasteiger partial charge in [-0.1, -0.05) is 12.1 Å². The van der Waals surface area contributed by atoms with E-state index in [1.807, 2.05) is 55.4 Å². The van der Waals surface area contributed by atoms with Crippen LogP contribution >= 0.6 is 0 Å². The second-order valence-electron chi connectivity index (χ2n) is 7.97. The molecule has 0 N–H and O–H groups in total. The molecule has 1 aliphatic heterocycles. The normalized spacial score (nSPS) is 17.0. The Balaban J connectivity index is 1.97. The number of cyclic esters (lactones) is 1. The molecule has 3 aromatic rings. The van der Waals surface area contributed by atoms with E-state index in [1.54, 1.807) is 25.4 Å². The third kappa shape index (κ3) is 3.36. The summed E-state index contributed by atoms with van der Waals surface area (Å²) in [6.07, 6.45) is 1.69. The maximum atomic E-state index is 13.0. The van der Waals surface area contributed by atoms with Crippen LogP contribution in [0.1, 0.15) is 41.0 Å². The van der Waals surface area contributed by atoms with E-state index in [0.717, 1.165) is 35.6 Å². The first-order chi connectivity index (χ1) is 15.5. The standard InChI is InChI=1S/C26H29N3O3/c1-6-29(7-2)20-14-15-22(23(17-20)31-5)26(18-10-12-19(13-11-18)28(3)4)24-21(25(30)32-26)9-8-16-27-24/h8-17H,6-7H2,1-5H3. The Morgan fingerprint density at radius 1 is 1.00 bits per heavy atom. The third-order valence-electron chi connectivity index (χ3n) is 6.09. The maximum Gasteiger partial charge on any atom is 0.341 e. The topological polar surface area (TPSA) is 54.9 Å². The number of anilines is 2. The average Bonchev–Trinajstić information content (AvgIpc) is 3.13. The molecule has 0 bridgehead atoms. The van der Waals surface area contributed by atoms with E-state index >= 15 is 0 Å². The van der Waals surface area contributed by atoms with Gasteiger partial charge in [-0.25, -0.2) is 4.79 Å². The minimum absolute atomic E-state index is 0.389. The number of hydrogen-bond donors (Lipinski definition) is 0. The number of rotatable bonds is 7. The number of pyridine rings is 1. The second-order valence-corrected chi connectivity index (χ2v) is 7.97. The molecule has 4 rings (SSSR count). The Labute approximate surface area is 189 Å². The van der Waals surface area contributed by atoms with Crippen LogP contribution in [-0.4, -0.2) is 45.2 Å². The van der Waals surface area contributed by atoms with E-state index in [9.17, 15) is 4.79 Å². The van der Waals surface area contributed by atoms with Crippen LogP contribution in [-0.2, 0) is 10.3 Å². The highest BCUT2D eigenvalue weighted by Gasteiger charge is 2.51. The summed E-state index contributed by atoms with van der Waals surface area (Å²) in [4.78, 5) is 21.8. The molecule has 0 saturated carbocycles. The quantitative estimate of drug-likeness (QED) is 0.515. The van der Waals surface area contributed by atoms with E-state index in [4.69, 9.17) is 9.47 Å². The molecule has 1 atom stereocenters. The van der Waals surface area contributed by atoms with Gasteiger partial charge < -0.3 is 19.3 Å². The number of aromatic nitrogens is 1. The number of carbonyl (C=O) groups is 1. The van der Waals surface area contributed by atoms with Crippen LogP contribution < -0.4 is 14.5 Å². The van der Waals surface area contributed by atoms with Gasteiger partial charge >= 0.3 is 5.97 Å². The molecule has 6 nitrogen and oxygen atoms in total. The number of hydrogen-bond acceptors (Lipinski definition) is 6. The molecule has 2 heterocycles. The predicted octanol–water partition coefficient (Wildman–Crippen LogP) is 4.46. The Hall–Kier alpha value is -3.54. The van der Waals surface area contributed by atoms with Crippen molar-refractivity contribution in [2.24, 2.45) is 0 Å². The molecule has 0 radical (unpaired) electrons. The summed E-state index contributed by atoms with van der Waals surface area (Å²) < 4.78 is 12.0. The highest BCUT2D eigenvalue weighted by molar-refractivity contribution is 5.95. The number of benzene rings is 2. The van der Waals surface area contributed by atoms with Crippen LogP contribution in [0.4, 0.5) is 11.4 Å². The van der Waals surface area contributed by atoms with Gasteiger partial charge in [-0.05, 0) is 50.2 Å². The number of nitrogens with zero attached hydrogens (tertiary/aromatic N) is 3. The molecule has 1 unspecified atom stereocenters. The Bertz CT molecular complexity index is 1120. The summed E-state index contributed by atoms with van der Waals surface area (Å²) in [6.45, 7) is 6.01. The molecular formula is C26H29N3O3. The monoisotopic (exact) mass is 431 g/mol. The van der Waals surface area contributed by atoms with Crippen LogP contribution in [0, 0.1) is 0 Å². The van der Waals surface area contributed by atoms with Crippen molar-refractivity contribution in [2.45, 2.75) is 19.4 Å². The molecule has 0 aliphatic carbocycles. The molecule has 166 valence electrons. The fourth-order valence-corrected chi connectivity index (χ4v) is 4.38. The fourth-order valence-electron chi connectivity index (χ4n) is 4.38. The molecule has 32 heavy (non-hydrogen) atoms. The molecule has 6 heteroatoms. The van der Waals surface area contributed by atoms with Gasteiger partial charge in [0.25, 0.3) is 0 Å². The Morgan fingerprint density at radius 2 is 1.69 bits per heavy atom. The predicted molar refractivity (Wildman–Crippen MR) is 127 cm³/mol. The van der Waals surface area contributed by atoms with E-state index in [-0.39, 0.29) is 5.97 Å². The van der Waals surface area contributed by atoms with Gasteiger partial charge in [0, 0.05) is 61.9 Å². The molecular weight excluding hydrogens is 402 g/mol. The zero-order valence-electron chi connectivity index (χ0n) is 19.3. The van der Waals surface area contributed by atoms with Crippen molar-refractivity contribution >= 4 is 17.3 Å². The maximum absolute atomic E-state index is 13.0. The molecule has 0 amide bonds. The molecule has 2 aromatic carbocycles. The first-order valence-corrected chi connectivity index (χ1v) is 10.9. The highest BCUT2D eigenvalue weighted by atomic mass is 16.6. The van der Waals surface area contributed by atoms with E-state index in [0.29, 0.717) is 17.0 Å². The lowest BCUT2D eigenvalue weighted by Crippen LogP contribution is -2.31. The van der Waals surface area contributed by atoms with Gasteiger partial charge in [0.1, 0.15) is 11.4 Å². The van der Waals surface area contributed by atoms with Crippen molar-refractivity contribution in [1.29, 1.82) is 0 Å². The molecule has 0 fully saturated rings. The molecule has 1 aliphatic rings. The number of methoxy groups -OCH3 is 1. The minimum Gasteiger partial charge on any atom is -0.496 e. The van der Waals surface area contributed by atoms with Crippen molar-refractivity contribution in [3.05, 3.63) is 83.2 Å². The minimum atomic E-state index is -1.19. The van der Waals surface area contributed by atoms with E-state index in [1.165, 1.54) is 0 Å². The average molecular weight is 432 g/mol. The lowest BCUT2D eigenvalue weighted by atomic mass is 9.82. The van der Waals surface area contributed by atoms with Crippen LogP contribution in [0.25, 0.3) is 0 Å².